The summed E-state index contributed by atoms with van der Waals surface area (Å²) in [6.45, 7) is 9.45. The SMILES string of the molecule is C=CC[C@H](CC(=O)N[C@@H](C)CO)C(=O)N[C@@H](CCCCNC(=O)OCc1ccccc1)COC(=O)[C@H](CC=C)Cc1ccccc1. The van der Waals surface area contributed by atoms with E-state index in [1.54, 1.807) is 19.1 Å². The highest BCUT2D eigenvalue weighted by Crippen LogP contribution is 2.16. The summed E-state index contributed by atoms with van der Waals surface area (Å²) in [5.74, 6) is -2.21. The largest absolute Gasteiger partial charge is 0.463 e. The number of alkyl carbamates (subject to hydrolysis) is 1. The number of carbonyl (C=O) groups is 4. The number of unbranched alkanes of at least 4 members (excludes halogenated alkanes) is 1. The maximum atomic E-state index is 13.3. The number of ether oxygens (including phenoxy) is 2. The predicted molar refractivity (Wildman–Crippen MR) is 177 cm³/mol. The van der Waals surface area contributed by atoms with E-state index in [2.05, 4.69) is 29.1 Å². The molecule has 0 aromatic heterocycles. The van der Waals surface area contributed by atoms with Crippen molar-refractivity contribution in [3.8, 4) is 0 Å². The number of amides is 3. The van der Waals surface area contributed by atoms with Gasteiger partial charge in [0.1, 0.15) is 13.2 Å². The molecule has 46 heavy (non-hydrogen) atoms. The van der Waals surface area contributed by atoms with Gasteiger partial charge in [-0.3, -0.25) is 14.4 Å². The maximum absolute atomic E-state index is 13.3. The van der Waals surface area contributed by atoms with Gasteiger partial charge >= 0.3 is 12.1 Å². The quantitative estimate of drug-likeness (QED) is 0.0840. The first-order chi connectivity index (χ1) is 22.2. The molecule has 4 atom stereocenters. The summed E-state index contributed by atoms with van der Waals surface area (Å²) in [7, 11) is 0. The Morgan fingerprint density at radius 1 is 0.848 bits per heavy atom. The van der Waals surface area contributed by atoms with Gasteiger partial charge in [0.15, 0.2) is 0 Å². The molecule has 0 spiro atoms. The Bertz CT molecular complexity index is 1220. The molecule has 0 unspecified atom stereocenters. The van der Waals surface area contributed by atoms with Crippen LogP contribution in [0.3, 0.4) is 0 Å². The van der Waals surface area contributed by atoms with Crippen LogP contribution in [0.2, 0.25) is 0 Å². The molecule has 0 aliphatic carbocycles. The molecule has 0 heterocycles. The molecular weight excluding hydrogens is 586 g/mol. The number of rotatable bonds is 22. The van der Waals surface area contributed by atoms with E-state index >= 15 is 0 Å². The van der Waals surface area contributed by atoms with Crippen molar-refractivity contribution in [3.63, 3.8) is 0 Å². The zero-order chi connectivity index (χ0) is 33.6. The second-order valence-corrected chi connectivity index (χ2v) is 11.3. The summed E-state index contributed by atoms with van der Waals surface area (Å²) in [5, 5.41) is 17.6. The minimum Gasteiger partial charge on any atom is -0.463 e. The Hall–Kier alpha value is -4.44. The minimum absolute atomic E-state index is 0.0475. The van der Waals surface area contributed by atoms with Crippen molar-refractivity contribution in [2.24, 2.45) is 11.8 Å². The first-order valence-corrected chi connectivity index (χ1v) is 15.8. The third kappa shape index (κ3) is 15.5. The molecule has 0 saturated heterocycles. The van der Waals surface area contributed by atoms with E-state index in [1.165, 1.54) is 0 Å². The lowest BCUT2D eigenvalue weighted by atomic mass is 9.96. The second-order valence-electron chi connectivity index (χ2n) is 11.3. The highest BCUT2D eigenvalue weighted by Gasteiger charge is 2.26. The topological polar surface area (TPSA) is 143 Å². The summed E-state index contributed by atoms with van der Waals surface area (Å²) >= 11 is 0. The number of carbonyl (C=O) groups excluding carboxylic acids is 4. The van der Waals surface area contributed by atoms with Gasteiger partial charge in [0.05, 0.1) is 24.5 Å². The predicted octanol–water partition coefficient (Wildman–Crippen LogP) is 4.63. The van der Waals surface area contributed by atoms with E-state index in [-0.39, 0.29) is 50.4 Å². The molecule has 10 heteroatoms. The standard InChI is InChI=1S/C36H49N3O7/c1-4-14-30(23-33(41)38-27(3)24-40)34(42)39-32(20-12-13-21-37-36(44)46-25-29-18-10-7-11-19-29)26-45-35(43)31(15-5-2)22-28-16-8-6-9-17-28/h4-11,16-19,27,30-32,40H,1-2,12-15,20-26H2,3H3,(H,37,44)(H,38,41)(H,39,42)/t27-,30+,31+,32-/m0/s1. The maximum Gasteiger partial charge on any atom is 0.407 e. The van der Waals surface area contributed by atoms with Gasteiger partial charge in [-0.25, -0.2) is 4.79 Å². The van der Waals surface area contributed by atoms with E-state index in [9.17, 15) is 24.3 Å². The zero-order valence-corrected chi connectivity index (χ0v) is 26.8. The van der Waals surface area contributed by atoms with Gasteiger partial charge < -0.3 is 30.5 Å². The molecule has 2 aromatic carbocycles. The van der Waals surface area contributed by atoms with E-state index in [0.717, 1.165) is 11.1 Å². The molecule has 2 aromatic rings. The van der Waals surface area contributed by atoms with E-state index in [4.69, 9.17) is 9.47 Å². The number of nitrogens with one attached hydrogen (secondary N) is 3. The van der Waals surface area contributed by atoms with Crippen LogP contribution >= 0.6 is 0 Å². The third-order valence-electron chi connectivity index (χ3n) is 7.28. The van der Waals surface area contributed by atoms with Gasteiger partial charge in [-0.1, -0.05) is 72.8 Å². The zero-order valence-electron chi connectivity index (χ0n) is 26.8. The smallest absolute Gasteiger partial charge is 0.407 e. The average molecular weight is 636 g/mol. The highest BCUT2D eigenvalue weighted by molar-refractivity contribution is 5.86. The van der Waals surface area contributed by atoms with Crippen molar-refractivity contribution >= 4 is 23.9 Å². The van der Waals surface area contributed by atoms with Gasteiger partial charge in [-0.15, -0.1) is 13.2 Å². The molecule has 0 aliphatic rings. The van der Waals surface area contributed by atoms with Crippen LogP contribution in [0.1, 0.15) is 56.6 Å². The number of allylic oxidation sites excluding steroid dienone is 2. The Labute approximate surface area is 272 Å². The Kier molecular flexibility index (Phi) is 18.2. The normalized spacial score (nSPS) is 13.3. The molecule has 0 bridgehead atoms. The lowest BCUT2D eigenvalue weighted by molar-refractivity contribution is -0.150. The fraction of sp³-hybridized carbons (Fsp3) is 0.444. The van der Waals surface area contributed by atoms with Crippen LogP contribution in [0.15, 0.2) is 86.0 Å². The number of aliphatic hydroxyl groups is 1. The lowest BCUT2D eigenvalue weighted by Crippen LogP contribution is -2.44. The molecule has 4 N–H and O–H groups in total. The lowest BCUT2D eigenvalue weighted by Gasteiger charge is -2.24. The van der Waals surface area contributed by atoms with Gasteiger partial charge in [-0.2, -0.15) is 0 Å². The summed E-state index contributed by atoms with van der Waals surface area (Å²) in [4.78, 5) is 51.0. The van der Waals surface area contributed by atoms with Crippen LogP contribution in [0.4, 0.5) is 4.79 Å². The molecule has 10 nitrogen and oxygen atoms in total. The number of esters is 1. The van der Waals surface area contributed by atoms with Crippen LogP contribution in [0.25, 0.3) is 0 Å². The summed E-state index contributed by atoms with van der Waals surface area (Å²) in [5.41, 5.74) is 1.90. The van der Waals surface area contributed by atoms with E-state index < -0.39 is 30.0 Å². The van der Waals surface area contributed by atoms with Crippen molar-refractivity contribution in [1.29, 1.82) is 0 Å². The highest BCUT2D eigenvalue weighted by atomic mass is 16.5. The van der Waals surface area contributed by atoms with Crippen molar-refractivity contribution in [2.75, 3.05) is 19.8 Å². The molecular formula is C36H49N3O7. The fourth-order valence-corrected chi connectivity index (χ4v) is 4.75. The van der Waals surface area contributed by atoms with Gasteiger partial charge in [-0.05, 0) is 56.6 Å². The van der Waals surface area contributed by atoms with Gasteiger partial charge in [0.2, 0.25) is 11.8 Å². The summed E-state index contributed by atoms with van der Waals surface area (Å²) in [6.07, 6.45) is 5.57. The van der Waals surface area contributed by atoms with E-state index in [1.807, 2.05) is 60.7 Å². The fourth-order valence-electron chi connectivity index (χ4n) is 4.75. The van der Waals surface area contributed by atoms with Crippen LogP contribution in [0, 0.1) is 11.8 Å². The minimum atomic E-state index is -0.686. The van der Waals surface area contributed by atoms with Crippen molar-refractivity contribution in [2.45, 2.75) is 70.6 Å². The van der Waals surface area contributed by atoms with Crippen LogP contribution in [-0.2, 0) is 36.9 Å². The Morgan fingerprint density at radius 3 is 2.11 bits per heavy atom. The van der Waals surface area contributed by atoms with Crippen molar-refractivity contribution in [3.05, 3.63) is 97.1 Å². The molecule has 0 fully saturated rings. The van der Waals surface area contributed by atoms with E-state index in [0.29, 0.717) is 38.6 Å². The number of hydrogen-bond donors (Lipinski definition) is 4. The second kappa shape index (κ2) is 22.1. The van der Waals surface area contributed by atoms with Crippen molar-refractivity contribution in [1.82, 2.24) is 16.0 Å². The molecule has 0 saturated carbocycles. The van der Waals surface area contributed by atoms with Crippen molar-refractivity contribution < 1.29 is 33.8 Å². The third-order valence-corrected chi connectivity index (χ3v) is 7.28. The number of aliphatic hydroxyl groups excluding tert-OH is 1. The van der Waals surface area contributed by atoms with Gasteiger partial charge in [0, 0.05) is 19.0 Å². The first kappa shape index (κ1) is 37.7. The summed E-state index contributed by atoms with van der Waals surface area (Å²) < 4.78 is 11.0. The Morgan fingerprint density at radius 2 is 1.48 bits per heavy atom. The van der Waals surface area contributed by atoms with Crippen LogP contribution in [0.5, 0.6) is 0 Å². The molecule has 0 aliphatic heterocycles. The first-order valence-electron chi connectivity index (χ1n) is 15.8. The Balaban J connectivity index is 1.98. The monoisotopic (exact) mass is 635 g/mol. The van der Waals surface area contributed by atoms with Gasteiger partial charge in [0.25, 0.3) is 0 Å². The molecule has 3 amide bonds. The van der Waals surface area contributed by atoms with Crippen LogP contribution < -0.4 is 16.0 Å². The molecule has 0 radical (unpaired) electrons. The van der Waals surface area contributed by atoms with Crippen LogP contribution in [-0.4, -0.2) is 60.8 Å². The summed E-state index contributed by atoms with van der Waals surface area (Å²) in [6, 6.07) is 18.1. The number of hydrogen-bond acceptors (Lipinski definition) is 7. The average Bonchev–Trinajstić information content (AvgIpc) is 3.06. The number of benzene rings is 2. The molecule has 250 valence electrons. The molecule has 2 rings (SSSR count).